The van der Waals surface area contributed by atoms with Gasteiger partial charge in [-0.3, -0.25) is 9.78 Å². The molecule has 0 aliphatic rings. The summed E-state index contributed by atoms with van der Waals surface area (Å²) < 4.78 is 0. The topological polar surface area (TPSA) is 68.0 Å². The lowest BCUT2D eigenvalue weighted by molar-refractivity contribution is -0.115. The van der Waals surface area contributed by atoms with Crippen LogP contribution in [0.3, 0.4) is 0 Å². The van der Waals surface area contributed by atoms with Crippen molar-refractivity contribution >= 4 is 28.9 Å². The molecule has 0 atom stereocenters. The van der Waals surface area contributed by atoms with Crippen LogP contribution in [0.4, 0.5) is 11.4 Å². The fraction of sp³-hybridized carbons (Fsp3) is 0.0769. The van der Waals surface area contributed by atoms with Crippen LogP contribution >= 0.6 is 11.6 Å². The Hall–Kier alpha value is -2.07. The largest absolute Gasteiger partial charge is 0.396 e. The van der Waals surface area contributed by atoms with E-state index < -0.39 is 0 Å². The molecule has 0 fully saturated rings. The first-order chi connectivity index (χ1) is 8.65. The van der Waals surface area contributed by atoms with Crippen molar-refractivity contribution in [3.63, 3.8) is 0 Å². The van der Waals surface area contributed by atoms with E-state index in [9.17, 15) is 4.79 Å². The molecule has 18 heavy (non-hydrogen) atoms. The van der Waals surface area contributed by atoms with Gasteiger partial charge in [0.05, 0.1) is 24.0 Å². The molecule has 4 nitrogen and oxygen atoms in total. The van der Waals surface area contributed by atoms with Crippen molar-refractivity contribution < 1.29 is 4.79 Å². The summed E-state index contributed by atoms with van der Waals surface area (Å²) in [7, 11) is 0. The van der Waals surface area contributed by atoms with Crippen molar-refractivity contribution in [2.24, 2.45) is 0 Å². The summed E-state index contributed by atoms with van der Waals surface area (Å²) >= 11 is 5.85. The molecule has 0 aliphatic carbocycles. The van der Waals surface area contributed by atoms with Crippen molar-refractivity contribution in [1.29, 1.82) is 0 Å². The Morgan fingerprint density at radius 1 is 1.39 bits per heavy atom. The molecule has 1 aromatic carbocycles. The fourth-order valence-corrected chi connectivity index (χ4v) is 1.76. The highest BCUT2D eigenvalue weighted by Gasteiger charge is 2.06. The Morgan fingerprint density at radius 2 is 2.22 bits per heavy atom. The zero-order valence-electron chi connectivity index (χ0n) is 9.56. The van der Waals surface area contributed by atoms with E-state index in [0.29, 0.717) is 16.4 Å². The maximum absolute atomic E-state index is 11.8. The van der Waals surface area contributed by atoms with Crippen LogP contribution in [0.15, 0.2) is 42.7 Å². The Bertz CT molecular complexity index is 572. The third-order valence-corrected chi connectivity index (χ3v) is 2.61. The summed E-state index contributed by atoms with van der Waals surface area (Å²) in [5, 5.41) is 3.35. The van der Waals surface area contributed by atoms with Gasteiger partial charge in [0.2, 0.25) is 5.91 Å². The number of nitrogen functional groups attached to an aromatic ring is 1. The average molecular weight is 262 g/mol. The van der Waals surface area contributed by atoms with E-state index in [2.05, 4.69) is 10.3 Å². The van der Waals surface area contributed by atoms with E-state index >= 15 is 0 Å². The molecule has 0 bridgehead atoms. The molecular formula is C13H12ClN3O. The number of nitrogens with one attached hydrogen (secondary N) is 1. The van der Waals surface area contributed by atoms with Gasteiger partial charge in [-0.15, -0.1) is 0 Å². The lowest BCUT2D eigenvalue weighted by atomic mass is 10.1. The summed E-state index contributed by atoms with van der Waals surface area (Å²) in [6.45, 7) is 0. The van der Waals surface area contributed by atoms with Gasteiger partial charge < -0.3 is 11.1 Å². The van der Waals surface area contributed by atoms with Gasteiger partial charge in [0, 0.05) is 11.2 Å². The highest BCUT2D eigenvalue weighted by Crippen LogP contribution is 2.16. The smallest absolute Gasteiger partial charge is 0.228 e. The van der Waals surface area contributed by atoms with Crippen LogP contribution in [-0.2, 0) is 11.2 Å². The number of halogens is 1. The predicted octanol–water partition coefficient (Wildman–Crippen LogP) is 2.50. The molecular weight excluding hydrogens is 250 g/mol. The highest BCUT2D eigenvalue weighted by molar-refractivity contribution is 6.30. The standard InChI is InChI=1S/C13H12ClN3O/c14-10-3-1-2-9(6-10)7-13(18)17-12-4-5-16-8-11(12)15/h1-6,8H,7,15H2,(H,16,17,18). The Morgan fingerprint density at radius 3 is 2.94 bits per heavy atom. The third kappa shape index (κ3) is 3.21. The van der Waals surface area contributed by atoms with Crippen molar-refractivity contribution in [3.8, 4) is 0 Å². The molecule has 1 heterocycles. The number of amides is 1. The van der Waals surface area contributed by atoms with Gasteiger partial charge in [0.1, 0.15) is 0 Å². The molecule has 2 rings (SSSR count). The van der Waals surface area contributed by atoms with Gasteiger partial charge in [0.15, 0.2) is 0 Å². The average Bonchev–Trinajstić information content (AvgIpc) is 2.32. The molecule has 0 radical (unpaired) electrons. The van der Waals surface area contributed by atoms with Gasteiger partial charge >= 0.3 is 0 Å². The zero-order valence-corrected chi connectivity index (χ0v) is 10.3. The van der Waals surface area contributed by atoms with Crippen LogP contribution in [-0.4, -0.2) is 10.9 Å². The molecule has 0 saturated carbocycles. The van der Waals surface area contributed by atoms with Crippen LogP contribution in [0.25, 0.3) is 0 Å². The number of benzene rings is 1. The lowest BCUT2D eigenvalue weighted by Crippen LogP contribution is -2.15. The quantitative estimate of drug-likeness (QED) is 0.892. The molecule has 2 aromatic rings. The second-order valence-electron chi connectivity index (χ2n) is 3.82. The van der Waals surface area contributed by atoms with Gasteiger partial charge in [0.25, 0.3) is 0 Å². The van der Waals surface area contributed by atoms with E-state index in [1.165, 1.54) is 6.20 Å². The van der Waals surface area contributed by atoms with Crippen LogP contribution in [0.5, 0.6) is 0 Å². The number of anilines is 2. The maximum atomic E-state index is 11.8. The molecule has 0 aliphatic heterocycles. The number of carbonyl (C=O) groups excluding carboxylic acids is 1. The summed E-state index contributed by atoms with van der Waals surface area (Å²) in [5.41, 5.74) is 7.55. The normalized spacial score (nSPS) is 10.1. The Labute approximate surface area is 110 Å². The van der Waals surface area contributed by atoms with Crippen LogP contribution in [0, 0.1) is 0 Å². The van der Waals surface area contributed by atoms with Gasteiger partial charge in [-0.05, 0) is 23.8 Å². The number of pyridine rings is 1. The zero-order chi connectivity index (χ0) is 13.0. The van der Waals surface area contributed by atoms with E-state index in [1.807, 2.05) is 12.1 Å². The molecule has 0 spiro atoms. The number of rotatable bonds is 3. The number of carbonyl (C=O) groups is 1. The third-order valence-electron chi connectivity index (χ3n) is 2.38. The molecule has 5 heteroatoms. The summed E-state index contributed by atoms with van der Waals surface area (Å²) in [6, 6.07) is 8.85. The predicted molar refractivity (Wildman–Crippen MR) is 72.4 cm³/mol. The van der Waals surface area contributed by atoms with Gasteiger partial charge in [-0.25, -0.2) is 0 Å². The first-order valence-electron chi connectivity index (χ1n) is 5.39. The number of hydrogen-bond donors (Lipinski definition) is 2. The molecule has 92 valence electrons. The number of hydrogen-bond acceptors (Lipinski definition) is 3. The minimum absolute atomic E-state index is 0.143. The Balaban J connectivity index is 2.03. The molecule has 1 aromatic heterocycles. The fourth-order valence-electron chi connectivity index (χ4n) is 1.55. The van der Waals surface area contributed by atoms with E-state index in [0.717, 1.165) is 5.56 Å². The minimum atomic E-state index is -0.143. The van der Waals surface area contributed by atoms with Crippen LogP contribution in [0.2, 0.25) is 5.02 Å². The minimum Gasteiger partial charge on any atom is -0.396 e. The van der Waals surface area contributed by atoms with E-state index in [4.69, 9.17) is 17.3 Å². The summed E-state index contributed by atoms with van der Waals surface area (Å²) in [6.07, 6.45) is 3.32. The summed E-state index contributed by atoms with van der Waals surface area (Å²) in [4.78, 5) is 15.7. The van der Waals surface area contributed by atoms with Crippen molar-refractivity contribution in [3.05, 3.63) is 53.3 Å². The van der Waals surface area contributed by atoms with Gasteiger partial charge in [-0.2, -0.15) is 0 Å². The van der Waals surface area contributed by atoms with E-state index in [1.54, 1.807) is 24.4 Å². The van der Waals surface area contributed by atoms with Gasteiger partial charge in [-0.1, -0.05) is 23.7 Å². The number of nitrogens with two attached hydrogens (primary N) is 1. The monoisotopic (exact) mass is 261 g/mol. The second-order valence-corrected chi connectivity index (χ2v) is 4.25. The highest BCUT2D eigenvalue weighted by atomic mass is 35.5. The Kier molecular flexibility index (Phi) is 3.79. The van der Waals surface area contributed by atoms with Crippen molar-refractivity contribution in [2.75, 3.05) is 11.1 Å². The summed E-state index contributed by atoms with van der Waals surface area (Å²) in [5.74, 6) is -0.143. The number of nitrogens with zero attached hydrogens (tertiary/aromatic N) is 1. The first-order valence-corrected chi connectivity index (χ1v) is 5.77. The van der Waals surface area contributed by atoms with Crippen molar-refractivity contribution in [1.82, 2.24) is 4.98 Å². The maximum Gasteiger partial charge on any atom is 0.228 e. The van der Waals surface area contributed by atoms with Crippen LogP contribution in [0.1, 0.15) is 5.56 Å². The molecule has 0 saturated heterocycles. The first kappa shape index (κ1) is 12.4. The molecule has 0 unspecified atom stereocenters. The SMILES string of the molecule is Nc1cnccc1NC(=O)Cc1cccc(Cl)c1. The molecule has 1 amide bonds. The van der Waals surface area contributed by atoms with E-state index in [-0.39, 0.29) is 12.3 Å². The number of aromatic nitrogens is 1. The second kappa shape index (κ2) is 5.51. The van der Waals surface area contributed by atoms with Crippen LogP contribution < -0.4 is 11.1 Å². The molecule has 3 N–H and O–H groups in total. The van der Waals surface area contributed by atoms with Crippen molar-refractivity contribution in [2.45, 2.75) is 6.42 Å². The lowest BCUT2D eigenvalue weighted by Gasteiger charge is -2.07.